The quantitative estimate of drug-likeness (QED) is 0.646. The monoisotopic (exact) mass is 234 g/mol. The Hall–Kier alpha value is -1.80. The predicted octanol–water partition coefficient (Wildman–Crippen LogP) is 1.36. The fourth-order valence-corrected chi connectivity index (χ4v) is 1.46. The van der Waals surface area contributed by atoms with E-state index in [1.165, 1.54) is 0 Å². The first-order valence-electron chi connectivity index (χ1n) is 5.68. The van der Waals surface area contributed by atoms with E-state index in [9.17, 15) is 0 Å². The summed E-state index contributed by atoms with van der Waals surface area (Å²) in [6, 6.07) is 3.61. The molecule has 0 amide bonds. The summed E-state index contributed by atoms with van der Waals surface area (Å²) in [5.41, 5.74) is 6.60. The molecule has 0 radical (unpaired) electrons. The van der Waals surface area contributed by atoms with E-state index in [0.29, 0.717) is 23.0 Å². The molecular formula is C12H18N4O. The highest BCUT2D eigenvalue weighted by molar-refractivity contribution is 5.68. The topological polar surface area (TPSA) is 95.0 Å². The Balaban J connectivity index is 2.45. The number of nitriles is 1. The number of nitrogens with two attached hydrogens (primary N) is 1. The third-order valence-electron chi connectivity index (χ3n) is 2.59. The first kappa shape index (κ1) is 13.3. The van der Waals surface area contributed by atoms with Crippen molar-refractivity contribution in [1.29, 1.82) is 5.26 Å². The molecule has 0 fully saturated rings. The highest BCUT2D eigenvalue weighted by Crippen LogP contribution is 2.18. The molecule has 5 nitrogen and oxygen atoms in total. The zero-order valence-corrected chi connectivity index (χ0v) is 9.98. The summed E-state index contributed by atoms with van der Waals surface area (Å²) in [6.45, 7) is 2.95. The van der Waals surface area contributed by atoms with Crippen molar-refractivity contribution < 1.29 is 5.11 Å². The van der Waals surface area contributed by atoms with Crippen molar-refractivity contribution in [3.8, 4) is 6.07 Å². The summed E-state index contributed by atoms with van der Waals surface area (Å²) in [5, 5.41) is 20.8. The van der Waals surface area contributed by atoms with Gasteiger partial charge in [0.05, 0.1) is 11.3 Å². The second-order valence-electron chi connectivity index (χ2n) is 4.09. The lowest BCUT2D eigenvalue weighted by molar-refractivity contribution is 0.229. The highest BCUT2D eigenvalue weighted by Gasteiger charge is 2.05. The zero-order valence-electron chi connectivity index (χ0n) is 9.98. The van der Waals surface area contributed by atoms with Gasteiger partial charge in [0.15, 0.2) is 5.82 Å². The Bertz CT molecular complexity index is 400. The van der Waals surface area contributed by atoms with Crippen LogP contribution < -0.4 is 11.1 Å². The molecule has 1 aromatic heterocycles. The number of aliphatic hydroxyl groups is 1. The summed E-state index contributed by atoms with van der Waals surface area (Å²) in [5.74, 6) is 0.869. The molecule has 0 aliphatic rings. The van der Waals surface area contributed by atoms with Crippen LogP contribution in [-0.2, 0) is 0 Å². The van der Waals surface area contributed by atoms with Crippen molar-refractivity contribution in [2.24, 2.45) is 5.92 Å². The molecule has 0 saturated carbocycles. The minimum Gasteiger partial charge on any atom is -0.396 e. The van der Waals surface area contributed by atoms with E-state index in [1.807, 2.05) is 13.0 Å². The maximum atomic E-state index is 8.87. The number of nitrogens with zero attached hydrogens (tertiary/aromatic N) is 2. The minimum absolute atomic E-state index is 0.213. The van der Waals surface area contributed by atoms with Gasteiger partial charge in [0.2, 0.25) is 0 Å². The summed E-state index contributed by atoms with van der Waals surface area (Å²) in [4.78, 5) is 4.09. The van der Waals surface area contributed by atoms with Crippen LogP contribution in [-0.4, -0.2) is 23.2 Å². The number of anilines is 2. The lowest BCUT2D eigenvalue weighted by atomic mass is 10.1. The van der Waals surface area contributed by atoms with E-state index in [-0.39, 0.29) is 6.61 Å². The van der Waals surface area contributed by atoms with Crippen LogP contribution in [0.1, 0.15) is 25.3 Å². The van der Waals surface area contributed by atoms with Gasteiger partial charge in [-0.15, -0.1) is 0 Å². The van der Waals surface area contributed by atoms with Gasteiger partial charge >= 0.3 is 0 Å². The summed E-state index contributed by atoms with van der Waals surface area (Å²) >= 11 is 0. The second kappa shape index (κ2) is 6.71. The number of nitrogens with one attached hydrogen (secondary N) is 1. The molecule has 0 bridgehead atoms. The van der Waals surface area contributed by atoms with E-state index in [4.69, 9.17) is 16.1 Å². The van der Waals surface area contributed by atoms with Crippen LogP contribution in [0.15, 0.2) is 12.3 Å². The molecule has 0 aromatic carbocycles. The molecule has 92 valence electrons. The molecule has 0 spiro atoms. The Kier molecular flexibility index (Phi) is 5.24. The molecule has 1 rings (SSSR count). The molecule has 1 atom stereocenters. The molecular weight excluding hydrogens is 216 g/mol. The summed E-state index contributed by atoms with van der Waals surface area (Å²) < 4.78 is 0. The van der Waals surface area contributed by atoms with Crippen LogP contribution in [0.5, 0.6) is 0 Å². The maximum absolute atomic E-state index is 8.87. The second-order valence-corrected chi connectivity index (χ2v) is 4.09. The normalized spacial score (nSPS) is 11.8. The lowest BCUT2D eigenvalue weighted by Gasteiger charge is -2.10. The van der Waals surface area contributed by atoms with Gasteiger partial charge < -0.3 is 16.2 Å². The minimum atomic E-state index is 0.213. The number of hydrogen-bond donors (Lipinski definition) is 3. The molecule has 1 unspecified atom stereocenters. The molecule has 17 heavy (non-hydrogen) atoms. The number of hydrogen-bond acceptors (Lipinski definition) is 5. The van der Waals surface area contributed by atoms with Gasteiger partial charge in [-0.05, 0) is 24.8 Å². The molecule has 4 N–H and O–H groups in total. The van der Waals surface area contributed by atoms with E-state index in [0.717, 1.165) is 19.4 Å². The maximum Gasteiger partial charge on any atom is 0.150 e. The van der Waals surface area contributed by atoms with E-state index in [2.05, 4.69) is 10.3 Å². The Morgan fingerprint density at radius 1 is 1.65 bits per heavy atom. The van der Waals surface area contributed by atoms with Gasteiger partial charge in [-0.3, -0.25) is 0 Å². The average molecular weight is 234 g/mol. The average Bonchev–Trinajstić information content (AvgIpc) is 2.36. The van der Waals surface area contributed by atoms with E-state index < -0.39 is 0 Å². The number of aliphatic hydroxyl groups excluding tert-OH is 1. The fourth-order valence-electron chi connectivity index (χ4n) is 1.46. The van der Waals surface area contributed by atoms with Gasteiger partial charge in [0, 0.05) is 19.3 Å². The van der Waals surface area contributed by atoms with Crippen LogP contribution >= 0.6 is 0 Å². The molecule has 1 heterocycles. The van der Waals surface area contributed by atoms with E-state index in [1.54, 1.807) is 12.3 Å². The lowest BCUT2D eigenvalue weighted by Crippen LogP contribution is -2.09. The van der Waals surface area contributed by atoms with Gasteiger partial charge in [-0.1, -0.05) is 6.92 Å². The van der Waals surface area contributed by atoms with Crippen molar-refractivity contribution in [2.75, 3.05) is 24.2 Å². The molecule has 0 saturated heterocycles. The van der Waals surface area contributed by atoms with Gasteiger partial charge in [-0.25, -0.2) is 4.98 Å². The Morgan fingerprint density at radius 3 is 3.06 bits per heavy atom. The number of pyridine rings is 1. The van der Waals surface area contributed by atoms with Crippen molar-refractivity contribution >= 4 is 11.5 Å². The standard InChI is InChI=1S/C12H18N4O/c1-9(8-17)3-2-5-15-12-11(14)10(7-13)4-6-16-12/h4,6,9,17H,2-3,5,8,14H2,1H3,(H,15,16). The number of nitrogen functional groups attached to an aromatic ring is 1. The van der Waals surface area contributed by atoms with Gasteiger partial charge in [0.25, 0.3) is 0 Å². The number of aromatic nitrogens is 1. The van der Waals surface area contributed by atoms with Crippen molar-refractivity contribution in [2.45, 2.75) is 19.8 Å². The smallest absolute Gasteiger partial charge is 0.150 e. The van der Waals surface area contributed by atoms with Crippen molar-refractivity contribution in [3.63, 3.8) is 0 Å². The predicted molar refractivity (Wildman–Crippen MR) is 67.3 cm³/mol. The molecule has 1 aromatic rings. The largest absolute Gasteiger partial charge is 0.396 e. The van der Waals surface area contributed by atoms with Crippen LogP contribution in [0.3, 0.4) is 0 Å². The third-order valence-corrected chi connectivity index (χ3v) is 2.59. The van der Waals surface area contributed by atoms with Gasteiger partial charge in [-0.2, -0.15) is 5.26 Å². The summed E-state index contributed by atoms with van der Waals surface area (Å²) in [7, 11) is 0. The zero-order chi connectivity index (χ0) is 12.7. The Labute approximate surface area is 101 Å². The van der Waals surface area contributed by atoms with Crippen molar-refractivity contribution in [3.05, 3.63) is 17.8 Å². The summed E-state index contributed by atoms with van der Waals surface area (Å²) in [6.07, 6.45) is 3.44. The van der Waals surface area contributed by atoms with Crippen LogP contribution in [0.4, 0.5) is 11.5 Å². The number of rotatable bonds is 6. The first-order valence-corrected chi connectivity index (χ1v) is 5.68. The molecule has 0 aliphatic carbocycles. The first-order chi connectivity index (χ1) is 8.19. The molecule has 5 heteroatoms. The van der Waals surface area contributed by atoms with E-state index >= 15 is 0 Å². The fraction of sp³-hybridized carbons (Fsp3) is 0.500. The highest BCUT2D eigenvalue weighted by atomic mass is 16.3. The van der Waals surface area contributed by atoms with Crippen LogP contribution in [0.25, 0.3) is 0 Å². The van der Waals surface area contributed by atoms with Crippen molar-refractivity contribution in [1.82, 2.24) is 4.98 Å². The van der Waals surface area contributed by atoms with Gasteiger partial charge in [0.1, 0.15) is 6.07 Å². The van der Waals surface area contributed by atoms with Crippen LogP contribution in [0, 0.1) is 17.2 Å². The Morgan fingerprint density at radius 2 is 2.41 bits per heavy atom. The molecule has 0 aliphatic heterocycles. The van der Waals surface area contributed by atoms with Crippen LogP contribution in [0.2, 0.25) is 0 Å². The SMILES string of the molecule is CC(CO)CCCNc1nccc(C#N)c1N. The third kappa shape index (κ3) is 3.93.